The van der Waals surface area contributed by atoms with Gasteiger partial charge in [0.25, 0.3) is 5.91 Å². The van der Waals surface area contributed by atoms with Gasteiger partial charge in [-0.1, -0.05) is 18.2 Å². The Morgan fingerprint density at radius 1 is 1.19 bits per heavy atom. The fourth-order valence-corrected chi connectivity index (χ4v) is 3.03. The number of carbonyl (C=O) groups excluding carboxylic acids is 1. The second kappa shape index (κ2) is 7.11. The molecule has 1 N–H and O–H groups in total. The molecule has 7 nitrogen and oxygen atoms in total. The monoisotopic (exact) mass is 364 g/mol. The molecule has 27 heavy (non-hydrogen) atoms. The molecular formula is C20H20N4O3. The van der Waals surface area contributed by atoms with Gasteiger partial charge in [-0.05, 0) is 31.2 Å². The number of aromatic nitrogens is 3. The van der Waals surface area contributed by atoms with Crippen LogP contribution in [0.3, 0.4) is 0 Å². The average Bonchev–Trinajstić information content (AvgIpc) is 3.14. The predicted octanol–water partition coefficient (Wildman–Crippen LogP) is 2.69. The summed E-state index contributed by atoms with van der Waals surface area (Å²) in [5.41, 5.74) is 2.86. The fraction of sp³-hybridized carbons (Fsp3) is 0.250. The number of likely N-dealkylation sites (tertiary alicyclic amines) is 1. The van der Waals surface area contributed by atoms with Crippen molar-refractivity contribution in [3.8, 4) is 22.9 Å². The molecule has 3 aromatic rings. The molecule has 0 unspecified atom stereocenters. The lowest BCUT2D eigenvalue weighted by Crippen LogP contribution is -2.56. The molecule has 1 aliphatic heterocycles. The molecular weight excluding hydrogens is 344 g/mol. The van der Waals surface area contributed by atoms with Crippen LogP contribution in [0.15, 0.2) is 48.5 Å². The van der Waals surface area contributed by atoms with Crippen molar-refractivity contribution in [3.63, 3.8) is 0 Å². The summed E-state index contributed by atoms with van der Waals surface area (Å²) >= 11 is 0. The topological polar surface area (TPSA) is 80.3 Å². The first-order valence-corrected chi connectivity index (χ1v) is 8.72. The van der Waals surface area contributed by atoms with E-state index in [9.17, 15) is 4.79 Å². The Hall–Kier alpha value is -3.35. The molecule has 1 saturated heterocycles. The molecule has 1 amide bonds. The molecule has 2 aromatic heterocycles. The highest BCUT2D eigenvalue weighted by Gasteiger charge is 2.34. The zero-order valence-electron chi connectivity index (χ0n) is 15.2. The minimum Gasteiger partial charge on any atom is -0.496 e. The number of hydrogen-bond donors (Lipinski definition) is 1. The summed E-state index contributed by atoms with van der Waals surface area (Å²) in [6, 6.07) is 15.0. The lowest BCUT2D eigenvalue weighted by molar-refractivity contribution is 0.0155. The highest BCUT2D eigenvalue weighted by Crippen LogP contribution is 2.29. The molecule has 1 fully saturated rings. The molecule has 0 bridgehead atoms. The van der Waals surface area contributed by atoms with E-state index < -0.39 is 0 Å². The molecule has 0 spiro atoms. The third kappa shape index (κ3) is 3.48. The van der Waals surface area contributed by atoms with E-state index in [0.29, 0.717) is 36.1 Å². The molecule has 138 valence electrons. The van der Waals surface area contributed by atoms with E-state index in [0.717, 1.165) is 11.3 Å². The predicted molar refractivity (Wildman–Crippen MR) is 99.9 cm³/mol. The average molecular weight is 364 g/mol. The number of aromatic amines is 1. The van der Waals surface area contributed by atoms with Crippen molar-refractivity contribution in [2.24, 2.45) is 0 Å². The molecule has 7 heteroatoms. The van der Waals surface area contributed by atoms with Gasteiger partial charge in [0.15, 0.2) is 0 Å². The lowest BCUT2D eigenvalue weighted by Gasteiger charge is -2.38. The first-order valence-electron chi connectivity index (χ1n) is 8.72. The van der Waals surface area contributed by atoms with Crippen molar-refractivity contribution >= 4 is 5.91 Å². The third-order valence-corrected chi connectivity index (χ3v) is 4.48. The van der Waals surface area contributed by atoms with Crippen molar-refractivity contribution in [1.82, 2.24) is 20.1 Å². The first kappa shape index (κ1) is 17.1. The van der Waals surface area contributed by atoms with Crippen molar-refractivity contribution in [1.29, 1.82) is 0 Å². The van der Waals surface area contributed by atoms with Gasteiger partial charge in [-0.15, -0.1) is 0 Å². The van der Waals surface area contributed by atoms with E-state index in [1.165, 1.54) is 0 Å². The Labute approximate surface area is 156 Å². The summed E-state index contributed by atoms with van der Waals surface area (Å²) in [4.78, 5) is 18.7. The number of pyridine rings is 1. The van der Waals surface area contributed by atoms with Crippen LogP contribution in [0, 0.1) is 6.92 Å². The fourth-order valence-electron chi connectivity index (χ4n) is 3.03. The number of nitrogens with one attached hydrogen (secondary N) is 1. The number of ether oxygens (including phenoxy) is 2. The number of H-pyrrole nitrogens is 1. The van der Waals surface area contributed by atoms with Crippen LogP contribution >= 0.6 is 0 Å². The van der Waals surface area contributed by atoms with Crippen molar-refractivity contribution in [3.05, 3.63) is 59.9 Å². The molecule has 1 aromatic carbocycles. The van der Waals surface area contributed by atoms with Crippen LogP contribution < -0.4 is 9.47 Å². The van der Waals surface area contributed by atoms with Crippen molar-refractivity contribution < 1.29 is 14.3 Å². The first-order chi connectivity index (χ1) is 13.1. The summed E-state index contributed by atoms with van der Waals surface area (Å²) in [5.74, 6) is 1.21. The summed E-state index contributed by atoms with van der Waals surface area (Å²) in [7, 11) is 1.61. The van der Waals surface area contributed by atoms with Crippen LogP contribution in [0.2, 0.25) is 0 Å². The highest BCUT2D eigenvalue weighted by molar-refractivity contribution is 5.94. The summed E-state index contributed by atoms with van der Waals surface area (Å²) in [5, 5.41) is 7.09. The number of amides is 1. The van der Waals surface area contributed by atoms with Gasteiger partial charge in [0.05, 0.1) is 25.9 Å². The molecule has 0 radical (unpaired) electrons. The van der Waals surface area contributed by atoms with Gasteiger partial charge in [0.1, 0.15) is 17.5 Å². The van der Waals surface area contributed by atoms with Gasteiger partial charge in [0.2, 0.25) is 5.88 Å². The Morgan fingerprint density at radius 3 is 2.78 bits per heavy atom. The van der Waals surface area contributed by atoms with Crippen LogP contribution in [-0.2, 0) is 0 Å². The lowest BCUT2D eigenvalue weighted by atomic mass is 10.1. The molecule has 1 aliphatic rings. The van der Waals surface area contributed by atoms with E-state index in [4.69, 9.17) is 9.47 Å². The second-order valence-corrected chi connectivity index (χ2v) is 6.43. The summed E-state index contributed by atoms with van der Waals surface area (Å²) < 4.78 is 11.2. The van der Waals surface area contributed by atoms with Crippen molar-refractivity contribution in [2.75, 3.05) is 20.2 Å². The van der Waals surface area contributed by atoms with Gasteiger partial charge in [0, 0.05) is 17.3 Å². The van der Waals surface area contributed by atoms with Crippen molar-refractivity contribution in [2.45, 2.75) is 13.0 Å². The Morgan fingerprint density at radius 2 is 2.00 bits per heavy atom. The maximum Gasteiger partial charge on any atom is 0.272 e. The summed E-state index contributed by atoms with van der Waals surface area (Å²) in [6.45, 7) is 2.97. The smallest absolute Gasteiger partial charge is 0.272 e. The van der Waals surface area contributed by atoms with E-state index in [2.05, 4.69) is 15.2 Å². The Kier molecular flexibility index (Phi) is 4.50. The minimum atomic E-state index is -0.0966. The zero-order valence-corrected chi connectivity index (χ0v) is 15.2. The van der Waals surface area contributed by atoms with Crippen LogP contribution in [0.25, 0.3) is 11.3 Å². The number of para-hydroxylation sites is 1. The zero-order chi connectivity index (χ0) is 18.8. The SMILES string of the molecule is COc1ccccc1-c1cc(C(=O)N2CC(Oc3cccc(C)n3)C2)[nH]n1. The van der Waals surface area contributed by atoms with Gasteiger partial charge in [-0.2, -0.15) is 5.10 Å². The van der Waals surface area contributed by atoms with Gasteiger partial charge in [-0.25, -0.2) is 4.98 Å². The minimum absolute atomic E-state index is 0.0418. The highest BCUT2D eigenvalue weighted by atomic mass is 16.5. The number of methoxy groups -OCH3 is 1. The largest absolute Gasteiger partial charge is 0.496 e. The van der Waals surface area contributed by atoms with E-state index in [1.54, 1.807) is 18.1 Å². The number of rotatable bonds is 5. The quantitative estimate of drug-likeness (QED) is 0.753. The maximum atomic E-state index is 12.6. The Balaban J connectivity index is 1.39. The van der Waals surface area contributed by atoms with Crippen LogP contribution in [0.1, 0.15) is 16.2 Å². The maximum absolute atomic E-state index is 12.6. The van der Waals surface area contributed by atoms with E-state index in [1.807, 2.05) is 49.4 Å². The molecule has 3 heterocycles. The second-order valence-electron chi connectivity index (χ2n) is 6.43. The molecule has 0 saturated carbocycles. The van der Waals surface area contributed by atoms with Gasteiger partial charge < -0.3 is 14.4 Å². The molecule has 0 atom stereocenters. The van der Waals surface area contributed by atoms with Crippen LogP contribution in [0.4, 0.5) is 0 Å². The number of hydrogen-bond acceptors (Lipinski definition) is 5. The normalized spacial score (nSPS) is 13.9. The number of carbonyl (C=O) groups is 1. The van der Waals surface area contributed by atoms with E-state index in [-0.39, 0.29) is 12.0 Å². The van der Waals surface area contributed by atoms with Gasteiger partial charge >= 0.3 is 0 Å². The number of aryl methyl sites for hydroxylation is 1. The summed E-state index contributed by atoms with van der Waals surface area (Å²) in [6.07, 6.45) is -0.0418. The Bertz CT molecular complexity index is 963. The number of benzene rings is 1. The van der Waals surface area contributed by atoms with E-state index >= 15 is 0 Å². The number of nitrogens with zero attached hydrogens (tertiary/aromatic N) is 3. The van der Waals surface area contributed by atoms with Crippen LogP contribution in [0.5, 0.6) is 11.6 Å². The molecule has 4 rings (SSSR count). The van der Waals surface area contributed by atoms with Gasteiger partial charge in [-0.3, -0.25) is 9.89 Å². The van der Waals surface area contributed by atoms with Crippen LogP contribution in [-0.4, -0.2) is 52.3 Å². The molecule has 0 aliphatic carbocycles. The third-order valence-electron chi connectivity index (χ3n) is 4.48. The standard InChI is InChI=1S/C20H20N4O3/c1-13-6-5-9-19(21-13)27-14-11-24(12-14)20(25)17-10-16(22-23-17)15-7-3-4-8-18(15)26-2/h3-10,14H,11-12H2,1-2H3,(H,22,23).